The van der Waals surface area contributed by atoms with Gasteiger partial charge >= 0.3 is 5.97 Å². The van der Waals surface area contributed by atoms with Crippen molar-refractivity contribution in [1.29, 1.82) is 0 Å². The summed E-state index contributed by atoms with van der Waals surface area (Å²) in [6, 6.07) is 28.2. The van der Waals surface area contributed by atoms with Crippen LogP contribution >= 0.6 is 0 Å². The number of fused-ring (bicyclic) bond motifs is 1. The highest BCUT2D eigenvalue weighted by molar-refractivity contribution is 6.09. The number of nitrogens with zero attached hydrogens (tertiary/aromatic N) is 2. The first kappa shape index (κ1) is 30.5. The summed E-state index contributed by atoms with van der Waals surface area (Å²) in [5.74, 6) is -4.09. The van der Waals surface area contributed by atoms with Gasteiger partial charge in [-0.1, -0.05) is 84.9 Å². The molecule has 4 aromatic carbocycles. The molecule has 0 bridgehead atoms. The topological polar surface area (TPSA) is 148 Å². The van der Waals surface area contributed by atoms with Gasteiger partial charge in [-0.2, -0.15) is 0 Å². The second-order valence-corrected chi connectivity index (χ2v) is 11.4. The van der Waals surface area contributed by atoms with E-state index in [-0.39, 0.29) is 25.3 Å². The first-order chi connectivity index (χ1) is 22.2. The van der Waals surface area contributed by atoms with Crippen molar-refractivity contribution < 1.29 is 33.9 Å². The van der Waals surface area contributed by atoms with Crippen LogP contribution in [0.4, 0.5) is 5.69 Å². The lowest BCUT2D eigenvalue weighted by Crippen LogP contribution is -2.57. The van der Waals surface area contributed by atoms with E-state index in [1.54, 1.807) is 42.5 Å². The highest BCUT2D eigenvalue weighted by Crippen LogP contribution is 2.53. The smallest absolute Gasteiger partial charge is 0.325 e. The van der Waals surface area contributed by atoms with Crippen LogP contribution in [0.1, 0.15) is 28.3 Å². The Kier molecular flexibility index (Phi) is 8.25. The molecule has 2 saturated heterocycles. The van der Waals surface area contributed by atoms with E-state index in [1.807, 2.05) is 36.4 Å². The Bertz CT molecular complexity index is 1780. The Morgan fingerprint density at radius 3 is 2.15 bits per heavy atom. The van der Waals surface area contributed by atoms with Crippen molar-refractivity contribution in [3.8, 4) is 11.5 Å². The average Bonchev–Trinajstić information content (AvgIpc) is 3.54. The Labute approximate surface area is 264 Å². The Hall–Kier alpha value is -5.55. The lowest BCUT2D eigenvalue weighted by Gasteiger charge is -2.31. The van der Waals surface area contributed by atoms with E-state index < -0.39 is 46.1 Å². The molecule has 11 heteroatoms. The number of nitro groups is 1. The maximum atomic E-state index is 14.2. The fourth-order valence-corrected chi connectivity index (χ4v) is 6.57. The summed E-state index contributed by atoms with van der Waals surface area (Å²) in [5, 5.41) is 25.3. The van der Waals surface area contributed by atoms with Gasteiger partial charge in [0.25, 0.3) is 5.69 Å². The lowest BCUT2D eigenvalue weighted by atomic mass is 9.76. The second kappa shape index (κ2) is 12.4. The largest absolute Gasteiger partial charge is 0.493 e. The number of carboxylic acid groups (broad SMARTS) is 1. The van der Waals surface area contributed by atoms with E-state index in [0.717, 1.165) is 16.0 Å². The molecule has 11 nitrogen and oxygen atoms in total. The van der Waals surface area contributed by atoms with Gasteiger partial charge < -0.3 is 14.6 Å². The molecule has 0 radical (unpaired) electrons. The molecule has 2 heterocycles. The lowest BCUT2D eigenvalue weighted by molar-refractivity contribution is -0.384. The van der Waals surface area contributed by atoms with Gasteiger partial charge in [-0.3, -0.25) is 34.7 Å². The Morgan fingerprint density at radius 2 is 1.54 bits per heavy atom. The number of rotatable bonds is 11. The zero-order valence-corrected chi connectivity index (χ0v) is 24.9. The van der Waals surface area contributed by atoms with Crippen molar-refractivity contribution in [1.82, 2.24) is 10.2 Å². The van der Waals surface area contributed by atoms with Crippen LogP contribution in [0.25, 0.3) is 0 Å². The first-order valence-electron chi connectivity index (χ1n) is 14.7. The number of ether oxygens (including phenoxy) is 2. The average molecular weight is 622 g/mol. The molecule has 2 amide bonds. The van der Waals surface area contributed by atoms with Gasteiger partial charge in [0.1, 0.15) is 12.1 Å². The van der Waals surface area contributed by atoms with Crippen LogP contribution in [0.15, 0.2) is 103 Å². The summed E-state index contributed by atoms with van der Waals surface area (Å²) in [5.41, 5.74) is 0.450. The number of hydrogen-bond acceptors (Lipinski definition) is 8. The summed E-state index contributed by atoms with van der Waals surface area (Å²) < 4.78 is 11.9. The number of benzene rings is 4. The van der Waals surface area contributed by atoms with Crippen molar-refractivity contribution in [2.45, 2.75) is 31.2 Å². The maximum Gasteiger partial charge on any atom is 0.325 e. The molecule has 46 heavy (non-hydrogen) atoms. The predicted molar refractivity (Wildman–Crippen MR) is 166 cm³/mol. The van der Waals surface area contributed by atoms with Crippen LogP contribution in [0.5, 0.6) is 11.5 Å². The molecular formula is C35H31N3O8. The van der Waals surface area contributed by atoms with Gasteiger partial charge in [0.15, 0.2) is 11.5 Å². The third-order valence-electron chi connectivity index (χ3n) is 8.73. The highest BCUT2D eigenvalue weighted by Gasteiger charge is 2.68. The first-order valence-corrected chi connectivity index (χ1v) is 14.7. The van der Waals surface area contributed by atoms with Crippen molar-refractivity contribution in [3.63, 3.8) is 0 Å². The highest BCUT2D eigenvalue weighted by atomic mass is 16.6. The minimum atomic E-state index is -1.93. The molecule has 2 aliphatic heterocycles. The van der Waals surface area contributed by atoms with Crippen LogP contribution in [0.3, 0.4) is 0 Å². The third kappa shape index (κ3) is 5.45. The molecule has 0 spiro atoms. The van der Waals surface area contributed by atoms with Crippen molar-refractivity contribution in [2.24, 2.45) is 11.8 Å². The predicted octanol–water partition coefficient (Wildman–Crippen LogP) is 4.69. The van der Waals surface area contributed by atoms with Crippen LogP contribution < -0.4 is 14.8 Å². The van der Waals surface area contributed by atoms with Crippen molar-refractivity contribution >= 4 is 23.5 Å². The number of likely N-dealkylation sites (tertiary alicyclic amines) is 1. The fraction of sp³-hybridized carbons (Fsp3) is 0.229. The van der Waals surface area contributed by atoms with E-state index in [1.165, 1.54) is 31.4 Å². The maximum absolute atomic E-state index is 14.2. The summed E-state index contributed by atoms with van der Waals surface area (Å²) in [6.45, 7) is 0.163. The molecular weight excluding hydrogens is 590 g/mol. The van der Waals surface area contributed by atoms with Crippen LogP contribution in [-0.2, 0) is 34.0 Å². The number of amides is 2. The summed E-state index contributed by atoms with van der Waals surface area (Å²) in [7, 11) is 1.49. The number of imide groups is 1. The van der Waals surface area contributed by atoms with Crippen LogP contribution in [0, 0.1) is 22.0 Å². The number of carbonyl (C=O) groups excluding carboxylic acids is 2. The summed E-state index contributed by atoms with van der Waals surface area (Å²) in [4.78, 5) is 53.6. The molecule has 2 aliphatic rings. The van der Waals surface area contributed by atoms with Gasteiger partial charge in [0.05, 0.1) is 30.4 Å². The molecule has 0 aromatic heterocycles. The number of carboxylic acids is 1. The molecule has 6 rings (SSSR count). The second-order valence-electron chi connectivity index (χ2n) is 11.4. The summed E-state index contributed by atoms with van der Waals surface area (Å²) >= 11 is 0. The molecule has 0 saturated carbocycles. The van der Waals surface area contributed by atoms with Gasteiger partial charge in [0.2, 0.25) is 11.8 Å². The third-order valence-corrected chi connectivity index (χ3v) is 8.73. The number of nitrogens with one attached hydrogen (secondary N) is 1. The van der Waals surface area contributed by atoms with E-state index in [2.05, 4.69) is 5.32 Å². The Balaban J connectivity index is 1.45. The number of aliphatic carboxylic acids is 1. The normalized spacial score (nSPS) is 22.0. The van der Waals surface area contributed by atoms with E-state index >= 15 is 0 Å². The number of nitro benzene ring substituents is 1. The minimum Gasteiger partial charge on any atom is -0.493 e. The molecule has 4 atom stereocenters. The van der Waals surface area contributed by atoms with Crippen LogP contribution in [0.2, 0.25) is 0 Å². The molecule has 234 valence electrons. The fourth-order valence-electron chi connectivity index (χ4n) is 6.57. The molecule has 4 unspecified atom stereocenters. The quantitative estimate of drug-likeness (QED) is 0.138. The zero-order chi connectivity index (χ0) is 32.4. The minimum absolute atomic E-state index is 0.0130. The Morgan fingerprint density at radius 1 is 0.891 bits per heavy atom. The van der Waals surface area contributed by atoms with Gasteiger partial charge in [-0.15, -0.1) is 0 Å². The van der Waals surface area contributed by atoms with Crippen molar-refractivity contribution in [3.05, 3.63) is 135 Å². The SMILES string of the molecule is COc1cccc(C2NC(Cc3ccc([N+](=O)[O-])cc3)(C(=O)O)C3C(=O)N(Cc4ccccc4)C(=O)C23)c1OCc1ccccc1. The number of methoxy groups -OCH3 is 1. The van der Waals surface area contributed by atoms with Gasteiger partial charge in [0, 0.05) is 30.2 Å². The summed E-state index contributed by atoms with van der Waals surface area (Å²) in [6.07, 6.45) is -0.208. The molecule has 2 fully saturated rings. The van der Waals surface area contributed by atoms with E-state index in [9.17, 15) is 29.6 Å². The number of non-ortho nitro benzene ring substituents is 1. The molecule has 0 aliphatic carbocycles. The van der Waals surface area contributed by atoms with Crippen LogP contribution in [-0.4, -0.2) is 45.4 Å². The van der Waals surface area contributed by atoms with Gasteiger partial charge in [-0.25, -0.2) is 0 Å². The zero-order valence-electron chi connectivity index (χ0n) is 24.9. The number of carbonyl (C=O) groups is 3. The number of hydrogen-bond donors (Lipinski definition) is 2. The standard InChI is InChI=1S/C35H31N3O8/c1-45-27-14-8-13-26(31(27)46-21-24-11-6-3-7-12-24)30-28-29(33(40)37(32(28)39)20-23-9-4-2-5-10-23)35(36-30,34(41)42)19-22-15-17-25(18-16-22)38(43)44/h2-18,28-30,36H,19-21H2,1H3,(H,41,42). The van der Waals surface area contributed by atoms with E-state index in [4.69, 9.17) is 9.47 Å². The molecule has 4 aromatic rings. The monoisotopic (exact) mass is 621 g/mol. The van der Waals surface area contributed by atoms with Gasteiger partial charge in [-0.05, 0) is 22.8 Å². The number of para-hydroxylation sites is 1. The molecule has 2 N–H and O–H groups in total. The van der Waals surface area contributed by atoms with Crippen molar-refractivity contribution in [2.75, 3.05) is 7.11 Å². The van der Waals surface area contributed by atoms with E-state index in [0.29, 0.717) is 22.6 Å².